The second-order valence-corrected chi connectivity index (χ2v) is 5.94. The van der Waals surface area contributed by atoms with Crippen LogP contribution in [-0.2, 0) is 19.1 Å². The molecule has 12 heteroatoms. The summed E-state index contributed by atoms with van der Waals surface area (Å²) in [6, 6.07) is -1.47. The minimum Gasteiger partial charge on any atom is -0.394 e. The molecule has 0 radical (unpaired) electrons. The molecule has 0 aliphatic carbocycles. The summed E-state index contributed by atoms with van der Waals surface area (Å²) in [7, 11) is 0. The highest BCUT2D eigenvalue weighted by Crippen LogP contribution is 2.22. The highest BCUT2D eigenvalue weighted by molar-refractivity contribution is 5.77. The largest absolute Gasteiger partial charge is 0.394 e. The van der Waals surface area contributed by atoms with Gasteiger partial charge in [-0.15, -0.1) is 0 Å². The van der Waals surface area contributed by atoms with Gasteiger partial charge in [0.15, 0.2) is 6.29 Å². The molecular weight excluding hydrogens is 358 g/mol. The van der Waals surface area contributed by atoms with Crippen LogP contribution in [0, 0.1) is 0 Å². The lowest BCUT2D eigenvalue weighted by Gasteiger charge is -2.40. The van der Waals surface area contributed by atoms with Crippen molar-refractivity contribution in [3.8, 4) is 0 Å². The van der Waals surface area contributed by atoms with Crippen molar-refractivity contribution in [3.63, 3.8) is 0 Å². The van der Waals surface area contributed by atoms with Gasteiger partial charge in [0.05, 0.1) is 13.2 Å². The highest BCUT2D eigenvalue weighted by atomic mass is 16.7. The third kappa shape index (κ3) is 5.64. The maximum Gasteiger partial charge on any atom is 0.217 e. The standard InChI is InChI=1S/C14H25NO11/c1-5(18)15-6(2-16)9(20)10(21)7(19)4-25-14-13(24)12(23)11(22)8(3-17)26-14/h2,6-14,17,19-24H,3-4H2,1H3,(H,15,18)/t6-,7-,8+,9+,10-,11+,12-,13+,14+/m1/s1. The van der Waals surface area contributed by atoms with Gasteiger partial charge in [0.1, 0.15) is 55.1 Å². The predicted octanol–water partition coefficient (Wildman–Crippen LogP) is -5.41. The van der Waals surface area contributed by atoms with Gasteiger partial charge in [0.2, 0.25) is 5.91 Å². The molecule has 0 spiro atoms. The lowest BCUT2D eigenvalue weighted by Crippen LogP contribution is -2.59. The number of carbonyl (C=O) groups excluding carboxylic acids is 2. The van der Waals surface area contributed by atoms with Gasteiger partial charge in [-0.1, -0.05) is 0 Å². The second kappa shape index (κ2) is 10.2. The fourth-order valence-electron chi connectivity index (χ4n) is 2.37. The number of aliphatic hydroxyl groups is 7. The minimum absolute atomic E-state index is 0.181. The summed E-state index contributed by atoms with van der Waals surface area (Å²) in [5.74, 6) is -0.639. The van der Waals surface area contributed by atoms with E-state index in [1.807, 2.05) is 0 Å². The molecule has 152 valence electrons. The van der Waals surface area contributed by atoms with Crippen molar-refractivity contribution in [2.45, 2.75) is 62.0 Å². The summed E-state index contributed by atoms with van der Waals surface area (Å²) in [6.45, 7) is -0.284. The maximum absolute atomic E-state index is 10.9. The van der Waals surface area contributed by atoms with Crippen LogP contribution in [0.3, 0.4) is 0 Å². The fourth-order valence-corrected chi connectivity index (χ4v) is 2.37. The molecule has 0 unspecified atom stereocenters. The molecule has 0 saturated carbocycles. The Morgan fingerprint density at radius 3 is 2.27 bits per heavy atom. The third-order valence-corrected chi connectivity index (χ3v) is 3.91. The molecule has 1 aliphatic rings. The third-order valence-electron chi connectivity index (χ3n) is 3.91. The zero-order valence-electron chi connectivity index (χ0n) is 14.0. The Kier molecular flexibility index (Phi) is 8.95. The first kappa shape index (κ1) is 22.8. The minimum atomic E-state index is -1.90. The lowest BCUT2D eigenvalue weighted by atomic mass is 9.99. The molecule has 1 heterocycles. The number of aldehydes is 1. The lowest BCUT2D eigenvalue weighted by molar-refractivity contribution is -0.306. The molecule has 1 rings (SSSR count). The summed E-state index contributed by atoms with van der Waals surface area (Å²) in [5, 5.41) is 69.7. The Labute approximate surface area is 148 Å². The van der Waals surface area contributed by atoms with Crippen LogP contribution >= 0.6 is 0 Å². The van der Waals surface area contributed by atoms with E-state index in [9.17, 15) is 40.2 Å². The predicted molar refractivity (Wildman–Crippen MR) is 81.4 cm³/mol. The number of ether oxygens (including phenoxy) is 2. The molecule has 0 aromatic rings. The number of aliphatic hydroxyl groups excluding tert-OH is 7. The van der Waals surface area contributed by atoms with E-state index >= 15 is 0 Å². The Morgan fingerprint density at radius 1 is 1.15 bits per heavy atom. The maximum atomic E-state index is 10.9. The van der Waals surface area contributed by atoms with Gasteiger partial charge >= 0.3 is 0 Å². The van der Waals surface area contributed by atoms with Crippen LogP contribution in [0.2, 0.25) is 0 Å². The molecule has 0 aromatic heterocycles. The van der Waals surface area contributed by atoms with Crippen molar-refractivity contribution in [1.29, 1.82) is 0 Å². The number of hydrogen-bond donors (Lipinski definition) is 8. The first-order valence-electron chi connectivity index (χ1n) is 7.82. The van der Waals surface area contributed by atoms with E-state index in [0.717, 1.165) is 6.92 Å². The molecule has 1 saturated heterocycles. The summed E-state index contributed by atoms with van der Waals surface area (Å²) in [4.78, 5) is 21.8. The van der Waals surface area contributed by atoms with Gasteiger partial charge < -0.3 is 55.3 Å². The van der Waals surface area contributed by atoms with E-state index in [2.05, 4.69) is 5.32 Å². The number of amides is 1. The summed E-state index contributed by atoms with van der Waals surface area (Å²) in [6.07, 6.45) is -13.0. The smallest absolute Gasteiger partial charge is 0.217 e. The van der Waals surface area contributed by atoms with Crippen molar-refractivity contribution in [2.24, 2.45) is 0 Å². The Hall–Kier alpha value is -1.22. The monoisotopic (exact) mass is 383 g/mol. The van der Waals surface area contributed by atoms with Crippen LogP contribution in [0.1, 0.15) is 6.92 Å². The Balaban J connectivity index is 2.62. The topological polar surface area (TPSA) is 206 Å². The molecule has 26 heavy (non-hydrogen) atoms. The zero-order chi connectivity index (χ0) is 20.0. The SMILES string of the molecule is CC(=O)N[C@H](C=O)[C@H](O)[C@H](O)[C@H](O)CO[C@H]1O[C@@H](CO)[C@H](O)[C@@H](O)[C@@H]1O. The number of hydrogen-bond acceptors (Lipinski definition) is 11. The molecule has 0 aromatic carbocycles. The van der Waals surface area contributed by atoms with E-state index in [0.29, 0.717) is 0 Å². The van der Waals surface area contributed by atoms with E-state index in [4.69, 9.17) is 14.6 Å². The normalized spacial score (nSPS) is 33.8. The second-order valence-electron chi connectivity index (χ2n) is 5.94. The van der Waals surface area contributed by atoms with Crippen LogP contribution in [0.15, 0.2) is 0 Å². The summed E-state index contributed by atoms with van der Waals surface area (Å²) >= 11 is 0. The molecule has 1 fully saturated rings. The molecule has 9 atom stereocenters. The summed E-state index contributed by atoms with van der Waals surface area (Å²) < 4.78 is 10.1. The van der Waals surface area contributed by atoms with E-state index < -0.39 is 74.2 Å². The van der Waals surface area contributed by atoms with Crippen molar-refractivity contribution in [3.05, 3.63) is 0 Å². The zero-order valence-corrected chi connectivity index (χ0v) is 14.0. The van der Waals surface area contributed by atoms with Crippen molar-refractivity contribution in [2.75, 3.05) is 13.2 Å². The van der Waals surface area contributed by atoms with Crippen LogP contribution in [0.4, 0.5) is 0 Å². The molecule has 1 amide bonds. The first-order chi connectivity index (χ1) is 12.1. The van der Waals surface area contributed by atoms with E-state index in [-0.39, 0.29) is 6.29 Å². The van der Waals surface area contributed by atoms with Crippen molar-refractivity contribution in [1.82, 2.24) is 5.32 Å². The molecule has 0 bridgehead atoms. The van der Waals surface area contributed by atoms with Gasteiger partial charge in [-0.25, -0.2) is 0 Å². The molecule has 12 nitrogen and oxygen atoms in total. The number of nitrogens with one attached hydrogen (secondary N) is 1. The van der Waals surface area contributed by atoms with Crippen LogP contribution in [-0.4, -0.2) is 116 Å². The van der Waals surface area contributed by atoms with Crippen LogP contribution < -0.4 is 5.32 Å². The van der Waals surface area contributed by atoms with E-state index in [1.165, 1.54) is 0 Å². The van der Waals surface area contributed by atoms with Gasteiger partial charge in [0.25, 0.3) is 0 Å². The first-order valence-corrected chi connectivity index (χ1v) is 7.82. The summed E-state index contributed by atoms with van der Waals surface area (Å²) in [5.41, 5.74) is 0. The molecule has 1 aliphatic heterocycles. The average molecular weight is 383 g/mol. The van der Waals surface area contributed by atoms with Crippen molar-refractivity contribution < 1.29 is 54.8 Å². The van der Waals surface area contributed by atoms with Crippen molar-refractivity contribution >= 4 is 12.2 Å². The Bertz CT molecular complexity index is 462. The number of carbonyl (C=O) groups is 2. The molecular formula is C14H25NO11. The van der Waals surface area contributed by atoms with Crippen LogP contribution in [0.25, 0.3) is 0 Å². The fraction of sp³-hybridized carbons (Fsp3) is 0.857. The Morgan fingerprint density at radius 2 is 1.77 bits per heavy atom. The van der Waals surface area contributed by atoms with Gasteiger partial charge in [-0.2, -0.15) is 0 Å². The van der Waals surface area contributed by atoms with Crippen LogP contribution in [0.5, 0.6) is 0 Å². The van der Waals surface area contributed by atoms with Gasteiger partial charge in [-0.3, -0.25) is 4.79 Å². The van der Waals surface area contributed by atoms with Gasteiger partial charge in [0, 0.05) is 6.92 Å². The number of rotatable bonds is 9. The quantitative estimate of drug-likeness (QED) is 0.176. The van der Waals surface area contributed by atoms with Gasteiger partial charge in [-0.05, 0) is 0 Å². The molecule has 8 N–H and O–H groups in total. The highest BCUT2D eigenvalue weighted by Gasteiger charge is 2.44. The van der Waals surface area contributed by atoms with E-state index in [1.54, 1.807) is 0 Å². The average Bonchev–Trinajstić information content (AvgIpc) is 2.61.